The fraction of sp³-hybridized carbons (Fsp3) is 0.440. The molecule has 1 atom stereocenters. The predicted octanol–water partition coefficient (Wildman–Crippen LogP) is 5.06. The molecule has 0 aliphatic rings. The number of nitrogens with zero attached hydrogens (tertiary/aromatic N) is 1. The summed E-state index contributed by atoms with van der Waals surface area (Å²) in [5.41, 5.74) is 2.59. The van der Waals surface area contributed by atoms with Gasteiger partial charge in [0.1, 0.15) is 11.8 Å². The molecule has 0 radical (unpaired) electrons. The lowest BCUT2D eigenvalue weighted by Crippen LogP contribution is -2.54. The summed E-state index contributed by atoms with van der Waals surface area (Å²) in [5, 5.41) is 3.64. The molecule has 0 aromatic heterocycles. The first-order chi connectivity index (χ1) is 14.5. The minimum atomic E-state index is -0.594. The molecule has 2 aromatic carbocycles. The predicted molar refractivity (Wildman–Crippen MR) is 125 cm³/mol. The van der Waals surface area contributed by atoms with Crippen LogP contribution < -0.4 is 10.1 Å². The number of hydrogen-bond acceptors (Lipinski definition) is 3. The van der Waals surface area contributed by atoms with Crippen molar-refractivity contribution in [2.45, 2.75) is 66.1 Å². The molecule has 5 nitrogen and oxygen atoms in total. The number of halogens is 1. The van der Waals surface area contributed by atoms with E-state index in [-0.39, 0.29) is 24.0 Å². The second-order valence-corrected chi connectivity index (χ2v) is 9.28. The first-order valence-corrected chi connectivity index (χ1v) is 10.9. The molecule has 2 rings (SSSR count). The van der Waals surface area contributed by atoms with Crippen LogP contribution in [0.15, 0.2) is 42.5 Å². The lowest BCUT2D eigenvalue weighted by molar-refractivity contribution is -0.143. The van der Waals surface area contributed by atoms with E-state index in [2.05, 4.69) is 5.32 Å². The van der Waals surface area contributed by atoms with Crippen molar-refractivity contribution < 1.29 is 14.3 Å². The quantitative estimate of drug-likeness (QED) is 0.619. The largest absolute Gasteiger partial charge is 0.484 e. The Balaban J connectivity index is 2.23. The van der Waals surface area contributed by atoms with Gasteiger partial charge in [-0.25, -0.2) is 0 Å². The monoisotopic (exact) mass is 444 g/mol. The van der Waals surface area contributed by atoms with Crippen molar-refractivity contribution in [1.82, 2.24) is 10.2 Å². The third-order valence-corrected chi connectivity index (χ3v) is 5.27. The maximum Gasteiger partial charge on any atom is 0.261 e. The van der Waals surface area contributed by atoms with E-state index in [9.17, 15) is 9.59 Å². The maximum atomic E-state index is 13.2. The van der Waals surface area contributed by atoms with Gasteiger partial charge in [0.05, 0.1) is 0 Å². The van der Waals surface area contributed by atoms with Crippen LogP contribution in [0.5, 0.6) is 5.75 Å². The Labute approximate surface area is 190 Å². The molecule has 0 saturated heterocycles. The molecule has 0 bridgehead atoms. The Bertz CT molecular complexity index is 904. The van der Waals surface area contributed by atoms with E-state index in [4.69, 9.17) is 16.3 Å². The molecular formula is C25H33ClN2O3. The van der Waals surface area contributed by atoms with Gasteiger partial charge in [0.2, 0.25) is 5.91 Å². The summed E-state index contributed by atoms with van der Waals surface area (Å²) in [6, 6.07) is 12.6. The number of rotatable bonds is 8. The molecular weight excluding hydrogens is 412 g/mol. The summed E-state index contributed by atoms with van der Waals surface area (Å²) in [7, 11) is 0. The van der Waals surface area contributed by atoms with Gasteiger partial charge in [-0.05, 0) is 70.4 Å². The molecule has 0 unspecified atom stereocenters. The molecule has 0 heterocycles. The smallest absolute Gasteiger partial charge is 0.261 e. The van der Waals surface area contributed by atoms with Crippen molar-refractivity contribution in [2.24, 2.45) is 0 Å². The standard InChI is InChI=1S/C25H33ClN2O3/c1-7-22(24(30)27-25(4,5)6)28(15-19-10-8-17(2)9-11-19)23(29)16-31-20-12-13-21(26)18(3)14-20/h8-14,22H,7,15-16H2,1-6H3,(H,27,30)/t22-/m0/s1. The van der Waals surface area contributed by atoms with Crippen molar-refractivity contribution in [2.75, 3.05) is 6.61 Å². The Morgan fingerprint density at radius 1 is 1.10 bits per heavy atom. The zero-order valence-electron chi connectivity index (χ0n) is 19.3. The maximum absolute atomic E-state index is 13.2. The first kappa shape index (κ1) is 24.7. The summed E-state index contributed by atoms with van der Waals surface area (Å²) >= 11 is 6.07. The van der Waals surface area contributed by atoms with E-state index in [0.717, 1.165) is 16.7 Å². The highest BCUT2D eigenvalue weighted by Gasteiger charge is 2.30. The molecule has 0 fully saturated rings. The van der Waals surface area contributed by atoms with Crippen molar-refractivity contribution in [3.05, 3.63) is 64.2 Å². The highest BCUT2D eigenvalue weighted by Crippen LogP contribution is 2.21. The second-order valence-electron chi connectivity index (χ2n) is 8.87. The van der Waals surface area contributed by atoms with Crippen LogP contribution in [0.3, 0.4) is 0 Å². The Morgan fingerprint density at radius 2 is 1.74 bits per heavy atom. The number of amides is 2. The molecule has 2 aromatic rings. The topological polar surface area (TPSA) is 58.6 Å². The van der Waals surface area contributed by atoms with Crippen LogP contribution in [0.25, 0.3) is 0 Å². The number of benzene rings is 2. The Morgan fingerprint density at radius 3 is 2.29 bits per heavy atom. The average Bonchev–Trinajstić information content (AvgIpc) is 2.68. The van der Waals surface area contributed by atoms with Gasteiger partial charge in [-0.15, -0.1) is 0 Å². The van der Waals surface area contributed by atoms with E-state index < -0.39 is 6.04 Å². The lowest BCUT2D eigenvalue weighted by Gasteiger charge is -2.33. The van der Waals surface area contributed by atoms with E-state index >= 15 is 0 Å². The van der Waals surface area contributed by atoms with Gasteiger partial charge in [-0.3, -0.25) is 9.59 Å². The van der Waals surface area contributed by atoms with Gasteiger partial charge in [0.15, 0.2) is 6.61 Å². The first-order valence-electron chi connectivity index (χ1n) is 10.6. The summed E-state index contributed by atoms with van der Waals surface area (Å²) in [4.78, 5) is 27.8. The SMILES string of the molecule is CC[C@@H](C(=O)NC(C)(C)C)N(Cc1ccc(C)cc1)C(=O)COc1ccc(Cl)c(C)c1. The highest BCUT2D eigenvalue weighted by molar-refractivity contribution is 6.31. The molecule has 6 heteroatoms. The van der Waals surface area contributed by atoms with Crippen LogP contribution >= 0.6 is 11.6 Å². The zero-order chi connectivity index (χ0) is 23.2. The number of ether oxygens (including phenoxy) is 1. The molecule has 0 saturated carbocycles. The van der Waals surface area contributed by atoms with Crippen molar-refractivity contribution in [3.8, 4) is 5.75 Å². The second kappa shape index (κ2) is 10.7. The summed E-state index contributed by atoms with van der Waals surface area (Å²) in [6.45, 7) is 11.8. The number of nitrogens with one attached hydrogen (secondary N) is 1. The number of carbonyl (C=O) groups excluding carboxylic acids is 2. The minimum absolute atomic E-state index is 0.160. The van der Waals surface area contributed by atoms with Crippen molar-refractivity contribution >= 4 is 23.4 Å². The van der Waals surface area contributed by atoms with Crippen LogP contribution in [0.1, 0.15) is 50.8 Å². The average molecular weight is 445 g/mol. The number of hydrogen-bond donors (Lipinski definition) is 1. The van der Waals surface area contributed by atoms with E-state index in [1.54, 1.807) is 23.1 Å². The van der Waals surface area contributed by atoms with Gasteiger partial charge in [0, 0.05) is 17.1 Å². The summed E-state index contributed by atoms with van der Waals surface area (Å²) in [5.74, 6) is 0.152. The van der Waals surface area contributed by atoms with Crippen molar-refractivity contribution in [1.29, 1.82) is 0 Å². The lowest BCUT2D eigenvalue weighted by atomic mass is 10.1. The third-order valence-electron chi connectivity index (χ3n) is 4.85. The van der Waals surface area contributed by atoms with Crippen LogP contribution in [-0.2, 0) is 16.1 Å². The van der Waals surface area contributed by atoms with E-state index in [1.807, 2.05) is 65.8 Å². The molecule has 168 valence electrons. The Hall–Kier alpha value is -2.53. The van der Waals surface area contributed by atoms with Gasteiger partial charge < -0.3 is 15.0 Å². The molecule has 1 N–H and O–H groups in total. The van der Waals surface area contributed by atoms with E-state index in [0.29, 0.717) is 23.7 Å². The van der Waals surface area contributed by atoms with Crippen LogP contribution in [0, 0.1) is 13.8 Å². The van der Waals surface area contributed by atoms with Gasteiger partial charge in [-0.1, -0.05) is 48.4 Å². The summed E-state index contributed by atoms with van der Waals surface area (Å²) in [6.07, 6.45) is 0.500. The van der Waals surface area contributed by atoms with Gasteiger partial charge >= 0.3 is 0 Å². The van der Waals surface area contributed by atoms with Gasteiger partial charge in [-0.2, -0.15) is 0 Å². The van der Waals surface area contributed by atoms with Gasteiger partial charge in [0.25, 0.3) is 5.91 Å². The molecule has 0 spiro atoms. The number of carbonyl (C=O) groups is 2. The number of aryl methyl sites for hydroxylation is 2. The highest BCUT2D eigenvalue weighted by atomic mass is 35.5. The Kier molecular flexibility index (Phi) is 8.52. The van der Waals surface area contributed by atoms with E-state index in [1.165, 1.54) is 0 Å². The molecule has 0 aliphatic carbocycles. The molecule has 2 amide bonds. The normalized spacial score (nSPS) is 12.2. The summed E-state index contributed by atoms with van der Waals surface area (Å²) < 4.78 is 5.74. The van der Waals surface area contributed by atoms with Crippen LogP contribution in [0.4, 0.5) is 0 Å². The zero-order valence-corrected chi connectivity index (χ0v) is 20.0. The van der Waals surface area contributed by atoms with Crippen LogP contribution in [0.2, 0.25) is 5.02 Å². The minimum Gasteiger partial charge on any atom is -0.484 e. The van der Waals surface area contributed by atoms with Crippen molar-refractivity contribution in [3.63, 3.8) is 0 Å². The molecule has 31 heavy (non-hydrogen) atoms. The third kappa shape index (κ3) is 7.59. The fourth-order valence-corrected chi connectivity index (χ4v) is 3.32. The fourth-order valence-electron chi connectivity index (χ4n) is 3.20. The van der Waals surface area contributed by atoms with Crippen LogP contribution in [-0.4, -0.2) is 34.9 Å². The molecule has 0 aliphatic heterocycles.